The third kappa shape index (κ3) is 5.03. The Hall–Kier alpha value is -1.31. The third-order valence-electron chi connectivity index (χ3n) is 3.29. The molecule has 0 bridgehead atoms. The highest BCUT2D eigenvalue weighted by atomic mass is 16.4. The lowest BCUT2D eigenvalue weighted by atomic mass is 9.77. The van der Waals surface area contributed by atoms with Crippen LogP contribution in [0, 0.1) is 5.41 Å². The van der Waals surface area contributed by atoms with Crippen molar-refractivity contribution in [3.63, 3.8) is 0 Å². The van der Waals surface area contributed by atoms with Crippen molar-refractivity contribution in [3.05, 3.63) is 35.9 Å². The van der Waals surface area contributed by atoms with E-state index in [2.05, 4.69) is 26.0 Å². The monoisotopic (exact) mass is 234 g/mol. The Morgan fingerprint density at radius 3 is 2.41 bits per heavy atom. The quantitative estimate of drug-likeness (QED) is 0.777. The molecule has 94 valence electrons. The zero-order valence-corrected chi connectivity index (χ0v) is 10.8. The van der Waals surface area contributed by atoms with E-state index in [1.807, 2.05) is 18.2 Å². The molecule has 0 aliphatic carbocycles. The lowest BCUT2D eigenvalue weighted by Crippen LogP contribution is -2.21. The minimum absolute atomic E-state index is 0.0730. The molecule has 1 atom stereocenters. The number of carbonyl (C=O) groups is 1. The summed E-state index contributed by atoms with van der Waals surface area (Å²) in [5, 5.41) is 8.97. The average molecular weight is 234 g/mol. The molecule has 0 heterocycles. The fraction of sp³-hybridized carbons (Fsp3) is 0.533. The van der Waals surface area contributed by atoms with Crippen molar-refractivity contribution < 1.29 is 9.90 Å². The van der Waals surface area contributed by atoms with Crippen LogP contribution in [0.4, 0.5) is 0 Å². The first kappa shape index (κ1) is 13.8. The zero-order valence-electron chi connectivity index (χ0n) is 10.8. The summed E-state index contributed by atoms with van der Waals surface area (Å²) in [6.45, 7) is 4.20. The molecule has 0 saturated heterocycles. The van der Waals surface area contributed by atoms with Crippen LogP contribution in [0.25, 0.3) is 0 Å². The van der Waals surface area contributed by atoms with E-state index in [1.54, 1.807) is 0 Å². The van der Waals surface area contributed by atoms with Crippen LogP contribution in [0.3, 0.4) is 0 Å². The van der Waals surface area contributed by atoms with Crippen molar-refractivity contribution in [2.45, 2.75) is 46.0 Å². The predicted octanol–water partition coefficient (Wildman–Crippen LogP) is 3.90. The van der Waals surface area contributed by atoms with Gasteiger partial charge in [0.1, 0.15) is 0 Å². The van der Waals surface area contributed by atoms with E-state index in [1.165, 1.54) is 5.56 Å². The molecule has 0 unspecified atom stereocenters. The molecule has 0 spiro atoms. The van der Waals surface area contributed by atoms with E-state index in [0.29, 0.717) is 0 Å². The molecular weight excluding hydrogens is 212 g/mol. The Balaban J connectivity index is 2.58. The summed E-state index contributed by atoms with van der Waals surface area (Å²) in [4.78, 5) is 10.9. The summed E-state index contributed by atoms with van der Waals surface area (Å²) >= 11 is 0. The van der Waals surface area contributed by atoms with Crippen LogP contribution < -0.4 is 0 Å². The fourth-order valence-corrected chi connectivity index (χ4v) is 2.36. The number of carboxylic acid groups (broad SMARTS) is 1. The Bertz CT molecular complexity index is 345. The molecule has 0 aromatic heterocycles. The largest absolute Gasteiger partial charge is 0.481 e. The SMILES string of the molecule is CCC[C@@](C)(CCc1ccccc1)CC(=O)O. The molecule has 1 rings (SSSR count). The maximum atomic E-state index is 10.9. The van der Waals surface area contributed by atoms with Gasteiger partial charge in [0.25, 0.3) is 0 Å². The number of carboxylic acids is 1. The van der Waals surface area contributed by atoms with Gasteiger partial charge in [-0.1, -0.05) is 50.6 Å². The van der Waals surface area contributed by atoms with Gasteiger partial charge < -0.3 is 5.11 Å². The Labute approximate surface area is 104 Å². The first-order valence-corrected chi connectivity index (χ1v) is 6.31. The van der Waals surface area contributed by atoms with E-state index in [9.17, 15) is 4.79 Å². The van der Waals surface area contributed by atoms with Crippen molar-refractivity contribution >= 4 is 5.97 Å². The minimum atomic E-state index is -0.686. The summed E-state index contributed by atoms with van der Waals surface area (Å²) in [5.74, 6) is -0.686. The summed E-state index contributed by atoms with van der Waals surface area (Å²) < 4.78 is 0. The molecular formula is C15H22O2. The second kappa shape index (κ2) is 6.43. The van der Waals surface area contributed by atoms with E-state index in [0.717, 1.165) is 25.7 Å². The Morgan fingerprint density at radius 2 is 1.88 bits per heavy atom. The number of benzene rings is 1. The van der Waals surface area contributed by atoms with Crippen LogP contribution in [0.5, 0.6) is 0 Å². The van der Waals surface area contributed by atoms with E-state index in [4.69, 9.17) is 5.11 Å². The van der Waals surface area contributed by atoms with Crippen LogP contribution in [-0.2, 0) is 11.2 Å². The van der Waals surface area contributed by atoms with E-state index in [-0.39, 0.29) is 11.8 Å². The molecule has 0 radical (unpaired) electrons. The number of hydrogen-bond donors (Lipinski definition) is 1. The van der Waals surface area contributed by atoms with E-state index < -0.39 is 5.97 Å². The minimum Gasteiger partial charge on any atom is -0.481 e. The maximum absolute atomic E-state index is 10.9. The van der Waals surface area contributed by atoms with Crippen molar-refractivity contribution in [3.8, 4) is 0 Å². The average Bonchev–Trinajstić information content (AvgIpc) is 2.27. The van der Waals surface area contributed by atoms with Gasteiger partial charge in [-0.15, -0.1) is 0 Å². The molecule has 0 saturated carbocycles. The van der Waals surface area contributed by atoms with Crippen molar-refractivity contribution in [1.82, 2.24) is 0 Å². The number of rotatable bonds is 7. The van der Waals surface area contributed by atoms with Gasteiger partial charge in [0.15, 0.2) is 0 Å². The van der Waals surface area contributed by atoms with Crippen LogP contribution >= 0.6 is 0 Å². The topological polar surface area (TPSA) is 37.3 Å². The van der Waals surface area contributed by atoms with Gasteiger partial charge in [-0.3, -0.25) is 4.79 Å². The summed E-state index contributed by atoms with van der Waals surface area (Å²) in [6, 6.07) is 10.3. The normalized spacial score (nSPS) is 14.2. The van der Waals surface area contributed by atoms with Gasteiger partial charge in [-0.25, -0.2) is 0 Å². The van der Waals surface area contributed by atoms with Gasteiger partial charge in [0.05, 0.1) is 6.42 Å². The van der Waals surface area contributed by atoms with Crippen LogP contribution in [-0.4, -0.2) is 11.1 Å². The second-order valence-electron chi connectivity index (χ2n) is 5.12. The number of hydrogen-bond acceptors (Lipinski definition) is 1. The Morgan fingerprint density at radius 1 is 1.24 bits per heavy atom. The van der Waals surface area contributed by atoms with Gasteiger partial charge in [0.2, 0.25) is 0 Å². The van der Waals surface area contributed by atoms with Gasteiger partial charge in [-0.2, -0.15) is 0 Å². The van der Waals surface area contributed by atoms with Crippen molar-refractivity contribution in [2.75, 3.05) is 0 Å². The molecule has 17 heavy (non-hydrogen) atoms. The van der Waals surface area contributed by atoms with Crippen molar-refractivity contribution in [2.24, 2.45) is 5.41 Å². The highest BCUT2D eigenvalue weighted by Gasteiger charge is 2.26. The molecule has 1 aromatic rings. The molecule has 0 amide bonds. The van der Waals surface area contributed by atoms with Gasteiger partial charge >= 0.3 is 5.97 Å². The van der Waals surface area contributed by atoms with Crippen LogP contribution in [0.2, 0.25) is 0 Å². The third-order valence-corrected chi connectivity index (χ3v) is 3.29. The van der Waals surface area contributed by atoms with Gasteiger partial charge in [0, 0.05) is 0 Å². The summed E-state index contributed by atoms with van der Waals surface area (Å²) in [5.41, 5.74) is 1.22. The van der Waals surface area contributed by atoms with Crippen molar-refractivity contribution in [1.29, 1.82) is 0 Å². The smallest absolute Gasteiger partial charge is 0.303 e. The predicted molar refractivity (Wildman–Crippen MR) is 70.0 cm³/mol. The first-order chi connectivity index (χ1) is 8.06. The molecule has 2 nitrogen and oxygen atoms in total. The number of aliphatic carboxylic acids is 1. The van der Waals surface area contributed by atoms with Crippen LogP contribution in [0.15, 0.2) is 30.3 Å². The van der Waals surface area contributed by atoms with Gasteiger partial charge in [-0.05, 0) is 30.2 Å². The number of aryl methyl sites for hydroxylation is 1. The molecule has 1 aromatic carbocycles. The molecule has 0 fully saturated rings. The standard InChI is InChI=1S/C15H22O2/c1-3-10-15(2,12-14(16)17)11-9-13-7-5-4-6-8-13/h4-8H,3,9-12H2,1-2H3,(H,16,17)/t15-/m0/s1. The summed E-state index contributed by atoms with van der Waals surface area (Å²) in [6.07, 6.45) is 4.19. The second-order valence-corrected chi connectivity index (χ2v) is 5.12. The lowest BCUT2D eigenvalue weighted by molar-refractivity contribution is -0.139. The van der Waals surface area contributed by atoms with Crippen LogP contribution in [0.1, 0.15) is 45.1 Å². The maximum Gasteiger partial charge on any atom is 0.303 e. The molecule has 0 aliphatic heterocycles. The summed E-state index contributed by atoms with van der Waals surface area (Å²) in [7, 11) is 0. The highest BCUT2D eigenvalue weighted by molar-refractivity contribution is 5.67. The van der Waals surface area contributed by atoms with E-state index >= 15 is 0 Å². The molecule has 0 aliphatic rings. The first-order valence-electron chi connectivity index (χ1n) is 6.31. The molecule has 2 heteroatoms. The fourth-order valence-electron chi connectivity index (χ4n) is 2.36. The lowest BCUT2D eigenvalue weighted by Gasteiger charge is -2.27. The zero-order chi connectivity index (χ0) is 12.7. The molecule has 1 N–H and O–H groups in total. The highest BCUT2D eigenvalue weighted by Crippen LogP contribution is 2.33. The Kier molecular flexibility index (Phi) is 5.20.